The first-order valence-electron chi connectivity index (χ1n) is 5.86. The normalized spacial score (nSPS) is 10.3. The van der Waals surface area contributed by atoms with Crippen molar-refractivity contribution in [2.45, 2.75) is 13.5 Å². The largest absolute Gasteiger partial charge is 0.495 e. The molecule has 1 heterocycles. The number of hydrogen-bond acceptors (Lipinski definition) is 4. The number of nitrogens with two attached hydrogens (primary N) is 1. The van der Waals surface area contributed by atoms with Crippen molar-refractivity contribution < 1.29 is 4.74 Å². The van der Waals surface area contributed by atoms with Gasteiger partial charge in [0, 0.05) is 12.7 Å². The Morgan fingerprint density at radius 1 is 1.44 bits per heavy atom. The molecular weight excluding hydrogens is 228 g/mol. The van der Waals surface area contributed by atoms with Gasteiger partial charge < -0.3 is 15.8 Å². The number of methoxy groups -OCH3 is 1. The summed E-state index contributed by atoms with van der Waals surface area (Å²) in [5, 5.41) is 7.50. The minimum absolute atomic E-state index is 0.636. The monoisotopic (exact) mass is 246 g/mol. The van der Waals surface area contributed by atoms with Crippen molar-refractivity contribution in [3.63, 3.8) is 0 Å². The fourth-order valence-electron chi connectivity index (χ4n) is 1.77. The number of hydrogen-bond donors (Lipinski definition) is 2. The van der Waals surface area contributed by atoms with Crippen molar-refractivity contribution in [1.29, 1.82) is 0 Å². The Bertz CT molecular complexity index is 521. The van der Waals surface area contributed by atoms with Crippen LogP contribution in [0.4, 0.5) is 11.4 Å². The quantitative estimate of drug-likeness (QED) is 0.791. The third-order valence-electron chi connectivity index (χ3n) is 2.70. The van der Waals surface area contributed by atoms with Gasteiger partial charge in [-0.2, -0.15) is 5.10 Å². The number of nitrogens with zero attached hydrogens (tertiary/aromatic N) is 2. The topological polar surface area (TPSA) is 65.1 Å². The molecule has 0 atom stereocenters. The fraction of sp³-hybridized carbons (Fsp3) is 0.308. The predicted molar refractivity (Wildman–Crippen MR) is 72.9 cm³/mol. The summed E-state index contributed by atoms with van der Waals surface area (Å²) in [6.07, 6.45) is 3.86. The molecule has 1 aromatic heterocycles. The van der Waals surface area contributed by atoms with Crippen LogP contribution in [0.2, 0.25) is 0 Å². The summed E-state index contributed by atoms with van der Waals surface area (Å²) >= 11 is 0. The van der Waals surface area contributed by atoms with Crippen LogP contribution in [0.15, 0.2) is 30.6 Å². The van der Waals surface area contributed by atoms with E-state index in [4.69, 9.17) is 10.5 Å². The molecule has 0 saturated carbocycles. The zero-order valence-electron chi connectivity index (χ0n) is 10.7. The minimum Gasteiger partial charge on any atom is -0.495 e. The summed E-state index contributed by atoms with van der Waals surface area (Å²) in [7, 11) is 1.61. The fourth-order valence-corrected chi connectivity index (χ4v) is 1.77. The second-order valence-corrected chi connectivity index (χ2v) is 4.13. The molecule has 0 amide bonds. The lowest BCUT2D eigenvalue weighted by molar-refractivity contribution is 0.417. The van der Waals surface area contributed by atoms with Gasteiger partial charge in [-0.3, -0.25) is 4.68 Å². The second kappa shape index (κ2) is 5.44. The Hall–Kier alpha value is -2.17. The number of ether oxygens (including phenoxy) is 1. The molecule has 18 heavy (non-hydrogen) atoms. The van der Waals surface area contributed by atoms with Crippen LogP contribution < -0.4 is 15.8 Å². The lowest BCUT2D eigenvalue weighted by Gasteiger charge is -2.12. The van der Waals surface area contributed by atoms with Gasteiger partial charge in [-0.25, -0.2) is 0 Å². The molecule has 0 radical (unpaired) electrons. The van der Waals surface area contributed by atoms with E-state index in [0.717, 1.165) is 24.3 Å². The van der Waals surface area contributed by atoms with Gasteiger partial charge in [0.05, 0.1) is 31.2 Å². The Labute approximate surface area is 107 Å². The first-order valence-corrected chi connectivity index (χ1v) is 5.86. The first-order chi connectivity index (χ1) is 8.70. The molecule has 5 nitrogen and oxygen atoms in total. The molecule has 0 aliphatic carbocycles. The smallest absolute Gasteiger partial charge is 0.143 e. The van der Waals surface area contributed by atoms with Gasteiger partial charge >= 0.3 is 0 Å². The van der Waals surface area contributed by atoms with Crippen molar-refractivity contribution in [2.75, 3.05) is 24.7 Å². The third-order valence-corrected chi connectivity index (χ3v) is 2.70. The molecule has 0 aliphatic rings. The number of nitrogens with one attached hydrogen (secondary N) is 1. The second-order valence-electron chi connectivity index (χ2n) is 4.13. The highest BCUT2D eigenvalue weighted by Crippen LogP contribution is 2.28. The average Bonchev–Trinajstić information content (AvgIpc) is 2.77. The maximum absolute atomic E-state index is 5.97. The van der Waals surface area contributed by atoms with E-state index in [1.54, 1.807) is 7.11 Å². The number of nitrogen functional groups attached to an aromatic ring is 1. The number of aryl methyl sites for hydroxylation is 1. The average molecular weight is 246 g/mol. The molecule has 96 valence electrons. The minimum atomic E-state index is 0.636. The predicted octanol–water partition coefficient (Wildman–Crippen LogP) is 1.89. The Balaban J connectivity index is 1.94. The molecule has 2 aromatic rings. The highest BCUT2D eigenvalue weighted by Gasteiger charge is 2.04. The van der Waals surface area contributed by atoms with Crippen LogP contribution in [0.5, 0.6) is 5.75 Å². The summed E-state index contributed by atoms with van der Waals surface area (Å²) in [6, 6.07) is 5.69. The molecule has 2 rings (SSSR count). The zero-order chi connectivity index (χ0) is 13.0. The van der Waals surface area contributed by atoms with E-state index in [9.17, 15) is 0 Å². The van der Waals surface area contributed by atoms with Crippen LogP contribution in [0, 0.1) is 6.92 Å². The van der Waals surface area contributed by atoms with E-state index >= 15 is 0 Å². The van der Waals surface area contributed by atoms with Gasteiger partial charge in [0.25, 0.3) is 0 Å². The molecule has 3 N–H and O–H groups in total. The number of benzene rings is 1. The van der Waals surface area contributed by atoms with Crippen molar-refractivity contribution in [1.82, 2.24) is 9.78 Å². The maximum Gasteiger partial charge on any atom is 0.143 e. The van der Waals surface area contributed by atoms with Crippen LogP contribution in [0.25, 0.3) is 0 Å². The van der Waals surface area contributed by atoms with Crippen LogP contribution in [-0.2, 0) is 6.54 Å². The Morgan fingerprint density at radius 2 is 2.28 bits per heavy atom. The van der Waals surface area contributed by atoms with E-state index in [2.05, 4.69) is 10.4 Å². The van der Waals surface area contributed by atoms with E-state index in [1.165, 1.54) is 0 Å². The first kappa shape index (κ1) is 12.3. The maximum atomic E-state index is 5.97. The molecule has 5 heteroatoms. The summed E-state index contributed by atoms with van der Waals surface area (Å²) in [5.41, 5.74) is 8.65. The van der Waals surface area contributed by atoms with Gasteiger partial charge in [-0.15, -0.1) is 0 Å². The molecule has 0 aliphatic heterocycles. The summed E-state index contributed by atoms with van der Waals surface area (Å²) in [4.78, 5) is 0. The lowest BCUT2D eigenvalue weighted by atomic mass is 10.2. The highest BCUT2D eigenvalue weighted by molar-refractivity contribution is 5.72. The van der Waals surface area contributed by atoms with Gasteiger partial charge in [0.15, 0.2) is 0 Å². The van der Waals surface area contributed by atoms with Crippen LogP contribution in [0.3, 0.4) is 0 Å². The number of para-hydroxylation sites is 1. The molecule has 0 unspecified atom stereocenters. The Morgan fingerprint density at radius 3 is 2.94 bits per heavy atom. The third kappa shape index (κ3) is 2.74. The van der Waals surface area contributed by atoms with Gasteiger partial charge in [-0.1, -0.05) is 6.07 Å². The van der Waals surface area contributed by atoms with E-state index in [0.29, 0.717) is 11.4 Å². The molecular formula is C13H18N4O. The number of aromatic nitrogens is 2. The highest BCUT2D eigenvalue weighted by atomic mass is 16.5. The van der Waals surface area contributed by atoms with Crippen molar-refractivity contribution in [2.24, 2.45) is 0 Å². The number of rotatable bonds is 5. The van der Waals surface area contributed by atoms with E-state index < -0.39 is 0 Å². The van der Waals surface area contributed by atoms with Crippen molar-refractivity contribution >= 4 is 11.4 Å². The summed E-state index contributed by atoms with van der Waals surface area (Å²) < 4.78 is 7.07. The SMILES string of the molecule is COc1cccc(NCCn2cc(C)cn2)c1N. The van der Waals surface area contributed by atoms with Gasteiger partial charge in [-0.05, 0) is 24.6 Å². The van der Waals surface area contributed by atoms with Gasteiger partial charge in [0.2, 0.25) is 0 Å². The summed E-state index contributed by atoms with van der Waals surface area (Å²) in [6.45, 7) is 3.58. The molecule has 1 aromatic carbocycles. The lowest BCUT2D eigenvalue weighted by Crippen LogP contribution is -2.12. The Kier molecular flexibility index (Phi) is 3.72. The zero-order valence-corrected chi connectivity index (χ0v) is 10.7. The molecule has 0 bridgehead atoms. The van der Waals surface area contributed by atoms with Crippen LogP contribution in [-0.4, -0.2) is 23.4 Å². The standard InChI is InChI=1S/C13H18N4O/c1-10-8-16-17(9-10)7-6-15-11-4-3-5-12(18-2)13(11)14/h3-5,8-9,15H,6-7,14H2,1-2H3. The van der Waals surface area contributed by atoms with E-state index in [1.807, 2.05) is 42.2 Å². The van der Waals surface area contributed by atoms with Crippen LogP contribution in [0.1, 0.15) is 5.56 Å². The van der Waals surface area contributed by atoms with Crippen LogP contribution >= 0.6 is 0 Å². The van der Waals surface area contributed by atoms with Crippen molar-refractivity contribution in [3.8, 4) is 5.75 Å². The summed E-state index contributed by atoms with van der Waals surface area (Å²) in [5.74, 6) is 0.690. The number of anilines is 2. The van der Waals surface area contributed by atoms with Crippen molar-refractivity contribution in [3.05, 3.63) is 36.2 Å². The van der Waals surface area contributed by atoms with Gasteiger partial charge in [0.1, 0.15) is 5.75 Å². The van der Waals surface area contributed by atoms with E-state index in [-0.39, 0.29) is 0 Å². The molecule has 0 spiro atoms. The molecule has 0 fully saturated rings. The molecule has 0 saturated heterocycles.